The van der Waals surface area contributed by atoms with E-state index in [1.54, 1.807) is 30.3 Å². The number of hydrogen-bond acceptors (Lipinski definition) is 5. The highest BCUT2D eigenvalue weighted by atomic mass is 32.2. The molecule has 1 aromatic rings. The third-order valence-corrected chi connectivity index (χ3v) is 2.33. The Kier molecular flexibility index (Phi) is 4.03. The number of carbonyl (C=O) groups is 1. The Hall–Kier alpha value is -1.40. The lowest BCUT2D eigenvalue weighted by molar-refractivity contribution is -0.149. The topological polar surface area (TPSA) is 69.7 Å². The number of benzene rings is 1. The molecule has 0 amide bonds. The molecule has 0 heterocycles. The summed E-state index contributed by atoms with van der Waals surface area (Å²) in [5, 5.41) is 0. The fraction of sp³-hybridized carbons (Fsp3) is 0.300. The van der Waals surface area contributed by atoms with E-state index in [2.05, 4.69) is 8.92 Å². The molecule has 88 valence electrons. The normalized spacial score (nSPS) is 13.1. The SMILES string of the molecule is COC(=O)[C@H](OS(C)(=O)=O)c1ccccc1. The Morgan fingerprint density at radius 3 is 2.25 bits per heavy atom. The molecule has 6 heteroatoms. The highest BCUT2D eigenvalue weighted by molar-refractivity contribution is 7.86. The van der Waals surface area contributed by atoms with Crippen LogP contribution in [-0.2, 0) is 23.8 Å². The number of esters is 1. The minimum atomic E-state index is -3.73. The molecule has 0 aliphatic heterocycles. The molecule has 0 saturated heterocycles. The van der Waals surface area contributed by atoms with E-state index in [-0.39, 0.29) is 0 Å². The van der Waals surface area contributed by atoms with Gasteiger partial charge in [-0.3, -0.25) is 4.18 Å². The third kappa shape index (κ3) is 3.63. The zero-order chi connectivity index (χ0) is 12.2. The van der Waals surface area contributed by atoms with Crippen LogP contribution in [0.4, 0.5) is 0 Å². The van der Waals surface area contributed by atoms with E-state index in [1.165, 1.54) is 7.11 Å². The van der Waals surface area contributed by atoms with Gasteiger partial charge in [-0.05, 0) is 5.56 Å². The number of hydrogen-bond donors (Lipinski definition) is 0. The number of ether oxygens (including phenoxy) is 1. The highest BCUT2D eigenvalue weighted by Crippen LogP contribution is 2.20. The standard InChI is InChI=1S/C10H12O5S/c1-14-10(11)9(15-16(2,12)13)8-6-4-3-5-7-8/h3-7,9H,1-2H3/t9-/m1/s1. The van der Waals surface area contributed by atoms with Gasteiger partial charge in [0.2, 0.25) is 0 Å². The quantitative estimate of drug-likeness (QED) is 0.580. The first kappa shape index (κ1) is 12.7. The Balaban J connectivity index is 3.02. The predicted octanol–water partition coefficient (Wildman–Crippen LogP) is 0.877. The minimum Gasteiger partial charge on any atom is -0.467 e. The molecule has 0 N–H and O–H groups in total. The maximum atomic E-state index is 11.4. The van der Waals surface area contributed by atoms with Gasteiger partial charge in [-0.25, -0.2) is 4.79 Å². The smallest absolute Gasteiger partial charge is 0.341 e. The summed E-state index contributed by atoms with van der Waals surface area (Å²) >= 11 is 0. The molecule has 16 heavy (non-hydrogen) atoms. The van der Waals surface area contributed by atoms with Crippen LogP contribution in [0.15, 0.2) is 30.3 Å². The van der Waals surface area contributed by atoms with Gasteiger partial charge in [0.05, 0.1) is 13.4 Å². The van der Waals surface area contributed by atoms with Gasteiger partial charge >= 0.3 is 5.97 Å². The van der Waals surface area contributed by atoms with Crippen molar-refractivity contribution in [3.63, 3.8) is 0 Å². The molecule has 0 bridgehead atoms. The third-order valence-electron chi connectivity index (χ3n) is 1.79. The molecule has 0 fully saturated rings. The molecule has 0 saturated carbocycles. The van der Waals surface area contributed by atoms with Gasteiger partial charge in [0.25, 0.3) is 10.1 Å². The number of rotatable bonds is 4. The lowest BCUT2D eigenvalue weighted by Gasteiger charge is -2.13. The maximum Gasteiger partial charge on any atom is 0.341 e. The summed E-state index contributed by atoms with van der Waals surface area (Å²) in [5.74, 6) is -0.753. The van der Waals surface area contributed by atoms with E-state index < -0.39 is 22.2 Å². The summed E-state index contributed by atoms with van der Waals surface area (Å²) in [4.78, 5) is 11.4. The highest BCUT2D eigenvalue weighted by Gasteiger charge is 2.26. The van der Waals surface area contributed by atoms with Crippen molar-refractivity contribution in [3.8, 4) is 0 Å². The molecule has 0 radical (unpaired) electrons. The minimum absolute atomic E-state index is 0.430. The summed E-state index contributed by atoms with van der Waals surface area (Å²) in [7, 11) is -2.56. The second-order valence-corrected chi connectivity index (χ2v) is 4.71. The van der Waals surface area contributed by atoms with Crippen LogP contribution in [-0.4, -0.2) is 27.8 Å². The molecule has 5 nitrogen and oxygen atoms in total. The van der Waals surface area contributed by atoms with E-state index in [9.17, 15) is 13.2 Å². The van der Waals surface area contributed by atoms with Crippen LogP contribution in [0.2, 0.25) is 0 Å². The Labute approximate surface area is 94.1 Å². The zero-order valence-electron chi connectivity index (χ0n) is 8.91. The fourth-order valence-corrected chi connectivity index (χ4v) is 1.68. The lowest BCUT2D eigenvalue weighted by atomic mass is 10.1. The molecular weight excluding hydrogens is 232 g/mol. The summed E-state index contributed by atoms with van der Waals surface area (Å²) in [6.07, 6.45) is -0.368. The van der Waals surface area contributed by atoms with Crippen LogP contribution < -0.4 is 0 Å². The predicted molar refractivity (Wildman–Crippen MR) is 57.1 cm³/mol. The molecule has 0 aliphatic carbocycles. The van der Waals surface area contributed by atoms with Gasteiger partial charge in [-0.1, -0.05) is 30.3 Å². The summed E-state index contributed by atoms with van der Waals surface area (Å²) in [5.41, 5.74) is 0.430. The lowest BCUT2D eigenvalue weighted by Crippen LogP contribution is -2.20. The van der Waals surface area contributed by atoms with E-state index in [4.69, 9.17) is 0 Å². The second kappa shape index (κ2) is 5.09. The average Bonchev–Trinajstić information content (AvgIpc) is 2.25. The monoisotopic (exact) mass is 244 g/mol. The fourth-order valence-electron chi connectivity index (χ4n) is 1.14. The molecule has 1 atom stereocenters. The maximum absolute atomic E-state index is 11.4. The molecular formula is C10H12O5S. The van der Waals surface area contributed by atoms with Gasteiger partial charge in [0, 0.05) is 0 Å². The number of methoxy groups -OCH3 is 1. The van der Waals surface area contributed by atoms with Crippen LogP contribution in [0.3, 0.4) is 0 Å². The van der Waals surface area contributed by atoms with Crippen molar-refractivity contribution in [1.82, 2.24) is 0 Å². The Morgan fingerprint density at radius 2 is 1.81 bits per heavy atom. The van der Waals surface area contributed by atoms with E-state index in [0.717, 1.165) is 6.26 Å². The van der Waals surface area contributed by atoms with Crippen molar-refractivity contribution in [2.24, 2.45) is 0 Å². The molecule has 0 spiro atoms. The molecule has 0 unspecified atom stereocenters. The summed E-state index contributed by atoms with van der Waals surface area (Å²) in [6, 6.07) is 8.28. The molecule has 1 aromatic carbocycles. The van der Waals surface area contributed by atoms with Crippen LogP contribution >= 0.6 is 0 Å². The van der Waals surface area contributed by atoms with Crippen molar-refractivity contribution in [3.05, 3.63) is 35.9 Å². The Morgan fingerprint density at radius 1 is 1.25 bits per heavy atom. The van der Waals surface area contributed by atoms with Crippen molar-refractivity contribution in [2.45, 2.75) is 6.10 Å². The van der Waals surface area contributed by atoms with E-state index >= 15 is 0 Å². The van der Waals surface area contributed by atoms with Crippen molar-refractivity contribution in [2.75, 3.05) is 13.4 Å². The first-order chi connectivity index (χ1) is 7.44. The molecule has 0 aliphatic rings. The van der Waals surface area contributed by atoms with Crippen molar-refractivity contribution < 1.29 is 22.1 Å². The molecule has 1 rings (SSSR count). The van der Waals surface area contributed by atoms with Crippen LogP contribution in [0.25, 0.3) is 0 Å². The van der Waals surface area contributed by atoms with Crippen LogP contribution in [0, 0.1) is 0 Å². The second-order valence-electron chi connectivity index (χ2n) is 3.11. The van der Waals surface area contributed by atoms with Gasteiger partial charge < -0.3 is 4.74 Å². The van der Waals surface area contributed by atoms with E-state index in [1.807, 2.05) is 0 Å². The van der Waals surface area contributed by atoms with Crippen LogP contribution in [0.1, 0.15) is 11.7 Å². The first-order valence-corrected chi connectivity index (χ1v) is 6.26. The largest absolute Gasteiger partial charge is 0.467 e. The van der Waals surface area contributed by atoms with Gasteiger partial charge in [-0.2, -0.15) is 8.42 Å². The first-order valence-electron chi connectivity index (χ1n) is 4.45. The van der Waals surface area contributed by atoms with Gasteiger partial charge in [0.15, 0.2) is 6.10 Å². The van der Waals surface area contributed by atoms with E-state index in [0.29, 0.717) is 5.56 Å². The zero-order valence-corrected chi connectivity index (χ0v) is 9.73. The number of carbonyl (C=O) groups excluding carboxylic acids is 1. The molecule has 0 aromatic heterocycles. The van der Waals surface area contributed by atoms with Gasteiger partial charge in [0.1, 0.15) is 0 Å². The van der Waals surface area contributed by atoms with Crippen molar-refractivity contribution in [1.29, 1.82) is 0 Å². The van der Waals surface area contributed by atoms with Gasteiger partial charge in [-0.15, -0.1) is 0 Å². The van der Waals surface area contributed by atoms with Crippen LogP contribution in [0.5, 0.6) is 0 Å². The average molecular weight is 244 g/mol. The Bertz CT molecular complexity index is 451. The summed E-state index contributed by atoms with van der Waals surface area (Å²) < 4.78 is 31.2. The summed E-state index contributed by atoms with van der Waals surface area (Å²) in [6.45, 7) is 0. The van der Waals surface area contributed by atoms with Crippen molar-refractivity contribution >= 4 is 16.1 Å².